The van der Waals surface area contributed by atoms with Crippen LogP contribution in [-0.4, -0.2) is 9.97 Å². The number of aromatic nitrogens is 2. The first-order chi connectivity index (χ1) is 22.9. The van der Waals surface area contributed by atoms with Gasteiger partial charge in [-0.15, -0.1) is 0 Å². The highest BCUT2D eigenvalue weighted by Crippen LogP contribution is 2.48. The SMILES string of the molecule is c1ccc(-c2ccc(-c3c4ccccc4c(-c4ccc(-c5ccccn5)c5ccccc45)c4ccccc34)c3ccccc23)nc1. The molecule has 2 nitrogen and oxygen atoms in total. The van der Waals surface area contributed by atoms with Gasteiger partial charge in [0.15, 0.2) is 0 Å². The van der Waals surface area contributed by atoms with Gasteiger partial charge in [0.25, 0.3) is 0 Å². The van der Waals surface area contributed by atoms with Crippen LogP contribution in [-0.2, 0) is 0 Å². The van der Waals surface area contributed by atoms with E-state index in [-0.39, 0.29) is 0 Å². The third kappa shape index (κ3) is 4.12. The predicted molar refractivity (Wildman–Crippen MR) is 194 cm³/mol. The van der Waals surface area contributed by atoms with Gasteiger partial charge in [0, 0.05) is 23.5 Å². The van der Waals surface area contributed by atoms with Crippen molar-refractivity contribution in [2.75, 3.05) is 0 Å². The molecule has 0 N–H and O–H groups in total. The smallest absolute Gasteiger partial charge is 0.0708 e. The molecular weight excluding hydrogens is 556 g/mol. The minimum absolute atomic E-state index is 0.983. The third-order valence-electron chi connectivity index (χ3n) is 9.20. The Balaban J connectivity index is 1.37. The van der Waals surface area contributed by atoms with Gasteiger partial charge in [-0.1, -0.05) is 133 Å². The minimum atomic E-state index is 0.983. The van der Waals surface area contributed by atoms with Crippen LogP contribution in [0.4, 0.5) is 0 Å². The van der Waals surface area contributed by atoms with Crippen LogP contribution >= 0.6 is 0 Å². The molecule has 0 bridgehead atoms. The Morgan fingerprint density at radius 3 is 0.848 bits per heavy atom. The molecule has 214 valence electrons. The summed E-state index contributed by atoms with van der Waals surface area (Å²) in [6, 6.07) is 56.5. The molecular formula is C44H28N2. The lowest BCUT2D eigenvalue weighted by Gasteiger charge is -2.20. The summed E-state index contributed by atoms with van der Waals surface area (Å²) in [4.78, 5) is 9.39. The van der Waals surface area contributed by atoms with Gasteiger partial charge in [-0.05, 0) is 89.6 Å². The highest BCUT2D eigenvalue weighted by molar-refractivity contribution is 6.26. The van der Waals surface area contributed by atoms with Gasteiger partial charge in [0.05, 0.1) is 11.4 Å². The molecule has 0 saturated carbocycles. The van der Waals surface area contributed by atoms with Crippen LogP contribution < -0.4 is 0 Å². The van der Waals surface area contributed by atoms with Crippen LogP contribution in [0.5, 0.6) is 0 Å². The summed E-state index contributed by atoms with van der Waals surface area (Å²) in [7, 11) is 0. The van der Waals surface area contributed by atoms with Gasteiger partial charge in [0.1, 0.15) is 0 Å². The highest BCUT2D eigenvalue weighted by Gasteiger charge is 2.20. The van der Waals surface area contributed by atoms with E-state index in [1.165, 1.54) is 65.3 Å². The fourth-order valence-electron chi connectivity index (χ4n) is 7.23. The van der Waals surface area contributed by atoms with Gasteiger partial charge in [-0.2, -0.15) is 0 Å². The second-order valence-corrected chi connectivity index (χ2v) is 11.7. The standard InChI is InChI=1S/C44H28N2/c1-3-15-31-29(13-1)33(41-21-9-11-27-45-41)23-25-39(31)43-35-17-5-7-19-37(35)44(38-20-8-6-18-36(38)43)40-26-24-34(42-22-10-12-28-46-42)30-14-2-4-16-32(30)40/h1-28H. The number of rotatable bonds is 4. The molecule has 9 rings (SSSR count). The number of nitrogens with zero attached hydrogens (tertiary/aromatic N) is 2. The normalized spacial score (nSPS) is 11.5. The van der Waals surface area contributed by atoms with Gasteiger partial charge in [-0.3, -0.25) is 9.97 Å². The van der Waals surface area contributed by atoms with Crippen LogP contribution in [0.2, 0.25) is 0 Å². The van der Waals surface area contributed by atoms with Gasteiger partial charge in [-0.25, -0.2) is 0 Å². The molecule has 0 fully saturated rings. The lowest BCUT2D eigenvalue weighted by atomic mass is 9.82. The first-order valence-electron chi connectivity index (χ1n) is 15.7. The lowest BCUT2D eigenvalue weighted by Crippen LogP contribution is -1.94. The van der Waals surface area contributed by atoms with Crippen molar-refractivity contribution in [3.8, 4) is 44.8 Å². The predicted octanol–water partition coefficient (Wildman–Crippen LogP) is 11.8. The van der Waals surface area contributed by atoms with E-state index in [2.05, 4.69) is 146 Å². The zero-order chi connectivity index (χ0) is 30.5. The minimum Gasteiger partial charge on any atom is -0.256 e. The van der Waals surface area contributed by atoms with Crippen molar-refractivity contribution < 1.29 is 0 Å². The molecule has 0 spiro atoms. The van der Waals surface area contributed by atoms with E-state index < -0.39 is 0 Å². The van der Waals surface area contributed by atoms with Crippen molar-refractivity contribution in [1.29, 1.82) is 0 Å². The summed E-state index contributed by atoms with van der Waals surface area (Å²) in [5, 5.41) is 9.81. The Labute approximate surface area is 267 Å². The van der Waals surface area contributed by atoms with E-state index in [0.717, 1.165) is 22.5 Å². The van der Waals surface area contributed by atoms with Crippen molar-refractivity contribution in [1.82, 2.24) is 9.97 Å². The van der Waals surface area contributed by atoms with Crippen LogP contribution in [0.1, 0.15) is 0 Å². The van der Waals surface area contributed by atoms with Crippen LogP contribution in [0, 0.1) is 0 Å². The average Bonchev–Trinajstić information content (AvgIpc) is 3.14. The molecule has 7 aromatic carbocycles. The molecule has 9 aromatic rings. The van der Waals surface area contributed by atoms with Crippen molar-refractivity contribution in [2.24, 2.45) is 0 Å². The number of hydrogen-bond acceptors (Lipinski definition) is 2. The molecule has 0 aliphatic heterocycles. The number of hydrogen-bond donors (Lipinski definition) is 0. The number of benzene rings is 7. The fraction of sp³-hybridized carbons (Fsp3) is 0. The van der Waals surface area contributed by atoms with Crippen molar-refractivity contribution in [3.05, 3.63) is 170 Å². The Morgan fingerprint density at radius 2 is 0.522 bits per heavy atom. The van der Waals surface area contributed by atoms with Gasteiger partial charge >= 0.3 is 0 Å². The lowest BCUT2D eigenvalue weighted by molar-refractivity contribution is 1.33. The van der Waals surface area contributed by atoms with Crippen molar-refractivity contribution >= 4 is 43.1 Å². The van der Waals surface area contributed by atoms with Crippen molar-refractivity contribution in [3.63, 3.8) is 0 Å². The van der Waals surface area contributed by atoms with E-state index in [9.17, 15) is 0 Å². The molecule has 2 aromatic heterocycles. The molecule has 0 aliphatic carbocycles. The van der Waals surface area contributed by atoms with Gasteiger partial charge in [0.2, 0.25) is 0 Å². The zero-order valence-corrected chi connectivity index (χ0v) is 25.1. The fourth-order valence-corrected chi connectivity index (χ4v) is 7.23. The number of fused-ring (bicyclic) bond motifs is 4. The molecule has 0 saturated heterocycles. The summed E-state index contributed by atoms with van der Waals surface area (Å²) < 4.78 is 0. The Hall–Kier alpha value is -6.12. The summed E-state index contributed by atoms with van der Waals surface area (Å²) in [5.74, 6) is 0. The maximum atomic E-state index is 4.69. The molecule has 2 heteroatoms. The number of pyridine rings is 2. The summed E-state index contributed by atoms with van der Waals surface area (Å²) >= 11 is 0. The largest absolute Gasteiger partial charge is 0.256 e. The maximum Gasteiger partial charge on any atom is 0.0708 e. The first-order valence-corrected chi connectivity index (χ1v) is 15.7. The Bertz CT molecular complexity index is 2330. The summed E-state index contributed by atoms with van der Waals surface area (Å²) in [6.45, 7) is 0. The average molecular weight is 585 g/mol. The first kappa shape index (κ1) is 26.3. The van der Waals surface area contributed by atoms with Crippen molar-refractivity contribution in [2.45, 2.75) is 0 Å². The van der Waals surface area contributed by atoms with E-state index in [0.29, 0.717) is 0 Å². The summed E-state index contributed by atoms with van der Waals surface area (Å²) in [5.41, 5.74) is 9.22. The van der Waals surface area contributed by atoms with E-state index in [1.54, 1.807) is 0 Å². The van der Waals surface area contributed by atoms with Crippen LogP contribution in [0.3, 0.4) is 0 Å². The molecule has 0 unspecified atom stereocenters. The zero-order valence-electron chi connectivity index (χ0n) is 25.1. The maximum absolute atomic E-state index is 4.69. The monoisotopic (exact) mass is 584 g/mol. The Kier molecular flexibility index (Phi) is 6.17. The second kappa shape index (κ2) is 10.8. The van der Waals surface area contributed by atoms with Crippen LogP contribution in [0.15, 0.2) is 170 Å². The van der Waals surface area contributed by atoms with Crippen LogP contribution in [0.25, 0.3) is 87.9 Å². The molecule has 2 heterocycles. The second-order valence-electron chi connectivity index (χ2n) is 11.7. The molecule has 0 amide bonds. The Morgan fingerprint density at radius 1 is 0.239 bits per heavy atom. The molecule has 0 aliphatic rings. The summed E-state index contributed by atoms with van der Waals surface area (Å²) in [6.07, 6.45) is 3.73. The van der Waals surface area contributed by atoms with E-state index in [4.69, 9.17) is 9.97 Å². The van der Waals surface area contributed by atoms with E-state index in [1.807, 2.05) is 24.5 Å². The molecule has 0 atom stereocenters. The highest BCUT2D eigenvalue weighted by atomic mass is 14.7. The molecule has 46 heavy (non-hydrogen) atoms. The third-order valence-corrected chi connectivity index (χ3v) is 9.20. The van der Waals surface area contributed by atoms with Gasteiger partial charge < -0.3 is 0 Å². The van der Waals surface area contributed by atoms with E-state index >= 15 is 0 Å². The topological polar surface area (TPSA) is 25.8 Å². The molecule has 0 radical (unpaired) electrons. The quantitative estimate of drug-likeness (QED) is 0.192.